The van der Waals surface area contributed by atoms with E-state index in [1.54, 1.807) is 12.0 Å². The zero-order chi connectivity index (χ0) is 29.3. The number of fused-ring (bicyclic) bond motifs is 1. The highest BCUT2D eigenvalue weighted by Crippen LogP contribution is 2.44. The van der Waals surface area contributed by atoms with Gasteiger partial charge in [0.25, 0.3) is 0 Å². The fraction of sp³-hybridized carbons (Fsp3) is 0.394. The Kier molecular flexibility index (Phi) is 8.30. The first-order valence-electron chi connectivity index (χ1n) is 14.1. The number of likely N-dealkylation sites (tertiary alicyclic amines) is 1. The number of benzene rings is 3. The van der Waals surface area contributed by atoms with E-state index in [0.29, 0.717) is 23.1 Å². The van der Waals surface area contributed by atoms with Gasteiger partial charge in [-0.15, -0.1) is 0 Å². The fourth-order valence-electron chi connectivity index (χ4n) is 6.09. The Morgan fingerprint density at radius 2 is 1.78 bits per heavy atom. The average molecular weight is 577 g/mol. The van der Waals surface area contributed by atoms with Crippen molar-refractivity contribution in [2.24, 2.45) is 5.92 Å². The van der Waals surface area contributed by atoms with Crippen LogP contribution in [0.5, 0.6) is 11.5 Å². The quantitative estimate of drug-likeness (QED) is 0.338. The number of ether oxygens (including phenoxy) is 2. The monoisotopic (exact) mass is 576 g/mol. The Morgan fingerprint density at radius 3 is 2.41 bits per heavy atom. The van der Waals surface area contributed by atoms with Crippen LogP contribution in [-0.2, 0) is 21.6 Å². The Hall–Kier alpha value is -3.55. The molecule has 216 valence electrons. The van der Waals surface area contributed by atoms with E-state index >= 15 is 0 Å². The summed E-state index contributed by atoms with van der Waals surface area (Å²) in [5.74, 6) is 1.09. The third kappa shape index (κ3) is 5.79. The summed E-state index contributed by atoms with van der Waals surface area (Å²) in [6.07, 6.45) is 2.70. The van der Waals surface area contributed by atoms with Gasteiger partial charge in [-0.25, -0.2) is 0 Å². The maximum absolute atomic E-state index is 13.8. The topological polar surface area (TPSA) is 79.3 Å². The lowest BCUT2D eigenvalue weighted by molar-refractivity contribution is -0.122. The molecule has 0 aromatic heterocycles. The van der Waals surface area contributed by atoms with Crippen molar-refractivity contribution >= 4 is 29.6 Å². The maximum atomic E-state index is 13.8. The van der Waals surface area contributed by atoms with Crippen molar-refractivity contribution in [3.05, 3.63) is 87.9 Å². The molecule has 2 aliphatic heterocycles. The lowest BCUT2D eigenvalue weighted by atomic mass is 9.78. The number of rotatable bonds is 8. The highest BCUT2D eigenvalue weighted by atomic mass is 35.5. The van der Waals surface area contributed by atoms with E-state index in [1.165, 1.54) is 0 Å². The normalized spacial score (nSPS) is 20.4. The Balaban J connectivity index is 1.55. The summed E-state index contributed by atoms with van der Waals surface area (Å²) in [4.78, 5) is 28.7. The van der Waals surface area contributed by atoms with Gasteiger partial charge in [0.2, 0.25) is 12.3 Å². The standard InChI is InChI=1S/C33H37ClN2O5/c1-21(2)41-30-18-28-23(16-29(30)40-4)17-31(38)36(32(28)22-7-11-26(34)12-8-22)27-13-9-24(10-14-27)33(3,39)25-6-5-15-35(19-25)20-37/h7-14,16,18,20-21,25,32,39H,5-6,15,17,19H2,1-4H3/t25-,32-,33?/m0/s1. The fourth-order valence-corrected chi connectivity index (χ4v) is 6.21. The van der Waals surface area contributed by atoms with Crippen LogP contribution < -0.4 is 14.4 Å². The lowest BCUT2D eigenvalue weighted by Gasteiger charge is -2.40. The zero-order valence-electron chi connectivity index (χ0n) is 24.0. The lowest BCUT2D eigenvalue weighted by Crippen LogP contribution is -2.44. The van der Waals surface area contributed by atoms with Crippen molar-refractivity contribution in [2.75, 3.05) is 25.1 Å². The number of nitrogens with zero attached hydrogens (tertiary/aromatic N) is 2. The highest BCUT2D eigenvalue weighted by Gasteiger charge is 2.38. The number of anilines is 1. The second-order valence-electron chi connectivity index (χ2n) is 11.4. The number of carbonyl (C=O) groups excluding carboxylic acids is 2. The molecule has 2 amide bonds. The minimum absolute atomic E-state index is 0.0505. The van der Waals surface area contributed by atoms with E-state index in [1.807, 2.05) is 86.3 Å². The number of hydrogen-bond acceptors (Lipinski definition) is 5. The number of aliphatic hydroxyl groups is 1. The second kappa shape index (κ2) is 11.7. The van der Waals surface area contributed by atoms with Gasteiger partial charge < -0.3 is 24.4 Å². The van der Waals surface area contributed by atoms with E-state index in [9.17, 15) is 14.7 Å². The predicted molar refractivity (Wildman–Crippen MR) is 160 cm³/mol. The first kappa shape index (κ1) is 29.0. The molecule has 0 radical (unpaired) electrons. The SMILES string of the molecule is COc1cc2c(cc1OC(C)C)[C@H](c1ccc(Cl)cc1)N(c1ccc(C(C)(O)[C@H]3CCCN(C=O)C3)cc1)C(=O)C2. The summed E-state index contributed by atoms with van der Waals surface area (Å²) in [5, 5.41) is 12.2. The zero-order valence-corrected chi connectivity index (χ0v) is 24.7. The average Bonchev–Trinajstić information content (AvgIpc) is 2.96. The van der Waals surface area contributed by atoms with Gasteiger partial charge in [0.1, 0.15) is 0 Å². The van der Waals surface area contributed by atoms with Crippen LogP contribution in [0.2, 0.25) is 5.02 Å². The number of carbonyl (C=O) groups is 2. The minimum Gasteiger partial charge on any atom is -0.493 e. The molecule has 5 rings (SSSR count). The number of halogens is 1. The molecule has 1 fully saturated rings. The predicted octanol–water partition coefficient (Wildman–Crippen LogP) is 5.89. The smallest absolute Gasteiger partial charge is 0.232 e. The van der Waals surface area contributed by atoms with Gasteiger partial charge in [0.05, 0.1) is 31.3 Å². The molecule has 0 bridgehead atoms. The van der Waals surface area contributed by atoms with E-state index in [2.05, 4.69) is 0 Å². The van der Waals surface area contributed by atoms with Gasteiger partial charge in [-0.3, -0.25) is 9.59 Å². The summed E-state index contributed by atoms with van der Waals surface area (Å²) in [6.45, 7) is 6.97. The van der Waals surface area contributed by atoms with E-state index in [4.69, 9.17) is 21.1 Å². The molecule has 2 heterocycles. The Morgan fingerprint density at radius 1 is 1.07 bits per heavy atom. The Labute approximate surface area is 246 Å². The van der Waals surface area contributed by atoms with Gasteiger partial charge in [0.15, 0.2) is 11.5 Å². The van der Waals surface area contributed by atoms with Gasteiger partial charge in [-0.05, 0) is 92.3 Å². The Bertz CT molecular complexity index is 1400. The largest absolute Gasteiger partial charge is 0.493 e. The number of amides is 2. The molecule has 3 atom stereocenters. The number of piperidine rings is 1. The molecule has 8 heteroatoms. The summed E-state index contributed by atoms with van der Waals surface area (Å²) >= 11 is 6.23. The van der Waals surface area contributed by atoms with Crippen LogP contribution in [0.25, 0.3) is 0 Å². The van der Waals surface area contributed by atoms with Gasteiger partial charge >= 0.3 is 0 Å². The van der Waals surface area contributed by atoms with Crippen LogP contribution in [0.3, 0.4) is 0 Å². The number of hydrogen-bond donors (Lipinski definition) is 1. The second-order valence-corrected chi connectivity index (χ2v) is 11.8. The summed E-state index contributed by atoms with van der Waals surface area (Å²) in [5.41, 5.74) is 3.11. The molecule has 1 saturated heterocycles. The molecule has 41 heavy (non-hydrogen) atoms. The third-order valence-electron chi connectivity index (χ3n) is 8.26. The van der Waals surface area contributed by atoms with Crippen LogP contribution in [0.4, 0.5) is 5.69 Å². The summed E-state index contributed by atoms with van der Waals surface area (Å²) < 4.78 is 11.7. The van der Waals surface area contributed by atoms with Crippen LogP contribution in [0.1, 0.15) is 61.9 Å². The van der Waals surface area contributed by atoms with Gasteiger partial charge in [0, 0.05) is 29.7 Å². The summed E-state index contributed by atoms with van der Waals surface area (Å²) in [6, 6.07) is 18.6. The van der Waals surface area contributed by atoms with Crippen molar-refractivity contribution in [3.63, 3.8) is 0 Å². The summed E-state index contributed by atoms with van der Waals surface area (Å²) in [7, 11) is 1.60. The van der Waals surface area contributed by atoms with Crippen molar-refractivity contribution in [1.29, 1.82) is 0 Å². The van der Waals surface area contributed by atoms with E-state index in [-0.39, 0.29) is 24.3 Å². The van der Waals surface area contributed by atoms with Crippen LogP contribution in [0.15, 0.2) is 60.7 Å². The molecule has 1 unspecified atom stereocenters. The van der Waals surface area contributed by atoms with Crippen molar-refractivity contribution < 1.29 is 24.2 Å². The van der Waals surface area contributed by atoms with Crippen molar-refractivity contribution in [1.82, 2.24) is 4.90 Å². The molecule has 3 aromatic carbocycles. The molecule has 7 nitrogen and oxygen atoms in total. The first-order chi connectivity index (χ1) is 19.6. The number of methoxy groups -OCH3 is 1. The van der Waals surface area contributed by atoms with Crippen LogP contribution in [-0.4, -0.2) is 48.6 Å². The molecular formula is C33H37ClN2O5. The first-order valence-corrected chi connectivity index (χ1v) is 14.5. The van der Waals surface area contributed by atoms with Gasteiger partial charge in [-0.2, -0.15) is 0 Å². The molecular weight excluding hydrogens is 540 g/mol. The molecule has 0 saturated carbocycles. The van der Waals surface area contributed by atoms with E-state index < -0.39 is 11.6 Å². The van der Waals surface area contributed by atoms with E-state index in [0.717, 1.165) is 53.7 Å². The van der Waals surface area contributed by atoms with Crippen LogP contribution >= 0.6 is 11.6 Å². The van der Waals surface area contributed by atoms with Crippen molar-refractivity contribution in [2.45, 2.75) is 57.8 Å². The highest BCUT2D eigenvalue weighted by molar-refractivity contribution is 6.30. The minimum atomic E-state index is -1.12. The molecule has 1 N–H and O–H groups in total. The maximum Gasteiger partial charge on any atom is 0.232 e. The third-order valence-corrected chi connectivity index (χ3v) is 8.52. The van der Waals surface area contributed by atoms with Gasteiger partial charge in [-0.1, -0.05) is 35.9 Å². The molecule has 0 spiro atoms. The molecule has 3 aromatic rings. The van der Waals surface area contributed by atoms with Crippen LogP contribution in [0, 0.1) is 5.92 Å². The molecule has 2 aliphatic rings. The molecule has 0 aliphatic carbocycles. The van der Waals surface area contributed by atoms with Crippen molar-refractivity contribution in [3.8, 4) is 11.5 Å².